The fourth-order valence-corrected chi connectivity index (χ4v) is 2.54. The average molecular weight is 303 g/mol. The Morgan fingerprint density at radius 3 is 2.57 bits per heavy atom. The van der Waals surface area contributed by atoms with Gasteiger partial charge in [0, 0.05) is 17.1 Å². The first-order valence-electron chi connectivity index (χ1n) is 6.34. The van der Waals surface area contributed by atoms with Crippen molar-refractivity contribution in [3.8, 4) is 0 Å². The zero-order chi connectivity index (χ0) is 15.0. The molecule has 106 valence electrons. The molecule has 0 aliphatic rings. The fourth-order valence-electron chi connectivity index (χ4n) is 2.38. The highest BCUT2D eigenvalue weighted by molar-refractivity contribution is 6.30. The van der Waals surface area contributed by atoms with Crippen LogP contribution >= 0.6 is 11.6 Å². The summed E-state index contributed by atoms with van der Waals surface area (Å²) in [5.41, 5.74) is 6.76. The molecule has 1 aromatic heterocycles. The Morgan fingerprint density at radius 2 is 1.81 bits per heavy atom. The van der Waals surface area contributed by atoms with Crippen molar-refractivity contribution in [2.45, 2.75) is 6.10 Å². The molecule has 0 aliphatic carbocycles. The van der Waals surface area contributed by atoms with E-state index >= 15 is 0 Å². The average Bonchev–Trinajstić information content (AvgIpc) is 2.50. The van der Waals surface area contributed by atoms with Gasteiger partial charge in [-0.2, -0.15) is 0 Å². The largest absolute Gasteiger partial charge is 0.383 e. The number of aliphatic hydroxyl groups excluding tert-OH is 1. The van der Waals surface area contributed by atoms with Crippen molar-refractivity contribution < 1.29 is 9.50 Å². The first-order valence-corrected chi connectivity index (χ1v) is 6.72. The van der Waals surface area contributed by atoms with Gasteiger partial charge in [-0.15, -0.1) is 0 Å². The van der Waals surface area contributed by atoms with E-state index in [-0.39, 0.29) is 11.6 Å². The maximum absolute atomic E-state index is 13.8. The molecule has 3 N–H and O–H groups in total. The van der Waals surface area contributed by atoms with Crippen LogP contribution in [0, 0.1) is 5.82 Å². The van der Waals surface area contributed by atoms with Gasteiger partial charge in [0.05, 0.1) is 5.02 Å². The molecule has 0 saturated carbocycles. The quantitative estimate of drug-likeness (QED) is 0.759. The second-order valence-corrected chi connectivity index (χ2v) is 5.15. The second-order valence-electron chi connectivity index (χ2n) is 4.71. The molecule has 3 aromatic rings. The van der Waals surface area contributed by atoms with E-state index in [0.29, 0.717) is 26.9 Å². The highest BCUT2D eigenvalue weighted by Crippen LogP contribution is 2.33. The van der Waals surface area contributed by atoms with E-state index in [2.05, 4.69) is 4.98 Å². The number of benzene rings is 2. The van der Waals surface area contributed by atoms with Crippen molar-refractivity contribution in [3.05, 3.63) is 70.6 Å². The molecule has 0 bridgehead atoms. The van der Waals surface area contributed by atoms with E-state index in [4.69, 9.17) is 17.3 Å². The Bertz CT molecular complexity index is 822. The summed E-state index contributed by atoms with van der Waals surface area (Å²) in [5.74, 6) is -0.140. The summed E-state index contributed by atoms with van der Waals surface area (Å²) in [7, 11) is 0. The van der Waals surface area contributed by atoms with Gasteiger partial charge in [0.1, 0.15) is 17.7 Å². The number of halogens is 2. The number of nitrogens with two attached hydrogens (primary N) is 1. The third kappa shape index (κ3) is 2.44. The van der Waals surface area contributed by atoms with Crippen LogP contribution < -0.4 is 5.73 Å². The molecule has 1 atom stereocenters. The van der Waals surface area contributed by atoms with Crippen molar-refractivity contribution in [1.82, 2.24) is 4.98 Å². The molecule has 3 nitrogen and oxygen atoms in total. The van der Waals surface area contributed by atoms with Crippen LogP contribution in [0.5, 0.6) is 0 Å². The van der Waals surface area contributed by atoms with Gasteiger partial charge in [-0.25, -0.2) is 9.37 Å². The number of rotatable bonds is 2. The minimum Gasteiger partial charge on any atom is -0.383 e. The van der Waals surface area contributed by atoms with E-state index in [1.807, 2.05) is 0 Å². The summed E-state index contributed by atoms with van der Waals surface area (Å²) >= 11 is 5.90. The number of hydrogen-bond acceptors (Lipinski definition) is 3. The number of aromatic nitrogens is 1. The second kappa shape index (κ2) is 5.31. The van der Waals surface area contributed by atoms with Crippen LogP contribution in [0.2, 0.25) is 5.02 Å². The maximum Gasteiger partial charge on any atom is 0.131 e. The first kappa shape index (κ1) is 13.8. The molecule has 0 spiro atoms. The smallest absolute Gasteiger partial charge is 0.131 e. The lowest BCUT2D eigenvalue weighted by Gasteiger charge is -2.16. The van der Waals surface area contributed by atoms with Gasteiger partial charge in [0.25, 0.3) is 0 Å². The van der Waals surface area contributed by atoms with Gasteiger partial charge in [0.15, 0.2) is 0 Å². The third-order valence-electron chi connectivity index (χ3n) is 3.41. The van der Waals surface area contributed by atoms with Crippen LogP contribution in [0.3, 0.4) is 0 Å². The van der Waals surface area contributed by atoms with Crippen molar-refractivity contribution in [2.24, 2.45) is 0 Å². The van der Waals surface area contributed by atoms with Crippen LogP contribution in [-0.4, -0.2) is 10.1 Å². The maximum atomic E-state index is 13.8. The molecule has 1 heterocycles. The summed E-state index contributed by atoms with van der Waals surface area (Å²) < 4.78 is 13.8. The number of nitrogen functional groups attached to an aromatic ring is 1. The zero-order valence-electron chi connectivity index (χ0n) is 10.9. The SMILES string of the molecule is Nc1ncc(Cl)cc1C(O)c1ccc(F)c2ccccc12. The monoisotopic (exact) mass is 302 g/mol. The molecule has 1 unspecified atom stereocenters. The molecule has 0 aliphatic heterocycles. The molecule has 2 aromatic carbocycles. The summed E-state index contributed by atoms with van der Waals surface area (Å²) in [6.45, 7) is 0. The van der Waals surface area contributed by atoms with Gasteiger partial charge in [0.2, 0.25) is 0 Å². The minimum absolute atomic E-state index is 0.195. The van der Waals surface area contributed by atoms with Gasteiger partial charge in [-0.05, 0) is 23.1 Å². The van der Waals surface area contributed by atoms with E-state index in [9.17, 15) is 9.50 Å². The normalized spacial score (nSPS) is 12.5. The Hall–Kier alpha value is -2.17. The van der Waals surface area contributed by atoms with E-state index in [0.717, 1.165) is 0 Å². The Kier molecular flexibility index (Phi) is 3.49. The highest BCUT2D eigenvalue weighted by Gasteiger charge is 2.18. The molecule has 3 rings (SSSR count). The van der Waals surface area contributed by atoms with E-state index in [1.54, 1.807) is 36.4 Å². The first-order chi connectivity index (χ1) is 10.1. The molecule has 21 heavy (non-hydrogen) atoms. The Labute approximate surface area is 125 Å². The van der Waals surface area contributed by atoms with Crippen LogP contribution in [0.25, 0.3) is 10.8 Å². The zero-order valence-corrected chi connectivity index (χ0v) is 11.7. The van der Waals surface area contributed by atoms with Gasteiger partial charge < -0.3 is 10.8 Å². The minimum atomic E-state index is -1.03. The summed E-state index contributed by atoms with van der Waals surface area (Å²) in [5, 5.41) is 12.0. The van der Waals surface area contributed by atoms with Crippen molar-refractivity contribution >= 4 is 28.2 Å². The van der Waals surface area contributed by atoms with E-state index in [1.165, 1.54) is 12.3 Å². The standard InChI is InChI=1S/C16H12ClFN2O/c17-9-7-13(16(19)20-8-9)15(21)12-5-6-14(18)11-4-2-1-3-10(11)12/h1-8,15,21H,(H2,19,20). The van der Waals surface area contributed by atoms with Gasteiger partial charge in [-0.1, -0.05) is 41.9 Å². The molecular weight excluding hydrogens is 291 g/mol. The van der Waals surface area contributed by atoms with Gasteiger partial charge >= 0.3 is 0 Å². The predicted molar refractivity (Wildman–Crippen MR) is 81.6 cm³/mol. The van der Waals surface area contributed by atoms with Crippen LogP contribution in [0.15, 0.2) is 48.7 Å². The summed E-state index contributed by atoms with van der Waals surface area (Å²) in [6, 6.07) is 11.4. The highest BCUT2D eigenvalue weighted by atomic mass is 35.5. The molecule has 0 saturated heterocycles. The lowest BCUT2D eigenvalue weighted by molar-refractivity contribution is 0.222. The number of pyridine rings is 1. The van der Waals surface area contributed by atoms with Gasteiger partial charge in [-0.3, -0.25) is 0 Å². The van der Waals surface area contributed by atoms with Crippen LogP contribution in [0.4, 0.5) is 10.2 Å². The number of hydrogen-bond donors (Lipinski definition) is 2. The van der Waals surface area contributed by atoms with Crippen LogP contribution in [-0.2, 0) is 0 Å². The number of aliphatic hydroxyl groups is 1. The fraction of sp³-hybridized carbons (Fsp3) is 0.0625. The van der Waals surface area contributed by atoms with E-state index < -0.39 is 6.10 Å². The number of fused-ring (bicyclic) bond motifs is 1. The molecule has 0 fully saturated rings. The lowest BCUT2D eigenvalue weighted by Crippen LogP contribution is -2.06. The van der Waals surface area contributed by atoms with Crippen LogP contribution in [0.1, 0.15) is 17.2 Å². The molecule has 5 heteroatoms. The Balaban J connectivity index is 2.20. The molecule has 0 amide bonds. The third-order valence-corrected chi connectivity index (χ3v) is 3.62. The topological polar surface area (TPSA) is 59.1 Å². The Morgan fingerprint density at radius 1 is 1.10 bits per heavy atom. The van der Waals surface area contributed by atoms with Crippen molar-refractivity contribution in [2.75, 3.05) is 5.73 Å². The summed E-state index contributed by atoms with van der Waals surface area (Å²) in [6.07, 6.45) is 0.386. The lowest BCUT2D eigenvalue weighted by atomic mass is 9.96. The van der Waals surface area contributed by atoms with Crippen molar-refractivity contribution in [1.29, 1.82) is 0 Å². The molecular formula is C16H12ClFN2O. The summed E-state index contributed by atoms with van der Waals surface area (Å²) in [4.78, 5) is 3.93. The number of nitrogens with zero attached hydrogens (tertiary/aromatic N) is 1. The molecule has 0 radical (unpaired) electrons. The predicted octanol–water partition coefficient (Wildman–Crippen LogP) is 3.69. The number of anilines is 1. The van der Waals surface area contributed by atoms with Crippen molar-refractivity contribution in [3.63, 3.8) is 0 Å².